The molecule has 170 valence electrons. The molecule has 9 heteroatoms. The van der Waals surface area contributed by atoms with Crippen LogP contribution in [-0.4, -0.2) is 45.3 Å². The van der Waals surface area contributed by atoms with E-state index in [-0.39, 0.29) is 40.7 Å². The molecule has 2 heterocycles. The number of imidazole rings is 1. The van der Waals surface area contributed by atoms with Crippen LogP contribution in [0.2, 0.25) is 0 Å². The Morgan fingerprint density at radius 1 is 1.12 bits per heavy atom. The number of nitrogens with zero attached hydrogens (tertiary/aromatic N) is 4. The quantitative estimate of drug-likeness (QED) is 0.420. The number of anilines is 1. The number of carbonyl (C=O) groups excluding carboxylic acids is 2. The fourth-order valence-electron chi connectivity index (χ4n) is 4.74. The molecule has 1 aromatic heterocycles. The first-order chi connectivity index (χ1) is 15.4. The SMILES string of the molecule is Cn1ccnc1C(=O)c1ccc(N2CCC(NC(=O)C3CCCCC3)CC2)c([N+](=O)[O-])c1. The lowest BCUT2D eigenvalue weighted by molar-refractivity contribution is -0.384. The van der Waals surface area contributed by atoms with Gasteiger partial charge >= 0.3 is 0 Å². The minimum Gasteiger partial charge on any atom is -0.366 e. The minimum absolute atomic E-state index is 0.0882. The van der Waals surface area contributed by atoms with Crippen LogP contribution in [-0.2, 0) is 11.8 Å². The fourth-order valence-corrected chi connectivity index (χ4v) is 4.74. The number of hydrogen-bond donors (Lipinski definition) is 1. The molecule has 1 amide bonds. The van der Waals surface area contributed by atoms with Crippen LogP contribution < -0.4 is 10.2 Å². The second kappa shape index (κ2) is 9.50. The maximum atomic E-state index is 12.7. The van der Waals surface area contributed by atoms with Crippen molar-refractivity contribution in [2.24, 2.45) is 13.0 Å². The second-order valence-electron chi connectivity index (χ2n) is 8.76. The standard InChI is InChI=1S/C23H29N5O4/c1-26-14-11-24-22(26)21(29)17-7-8-19(20(15-17)28(31)32)27-12-9-18(10-13-27)25-23(30)16-5-3-2-4-6-16/h7-8,11,14-16,18H,2-6,9-10,12-13H2,1H3,(H,25,30). The number of amides is 1. The van der Waals surface area contributed by atoms with E-state index in [1.54, 1.807) is 29.9 Å². The summed E-state index contributed by atoms with van der Waals surface area (Å²) in [5.41, 5.74) is 0.655. The van der Waals surface area contributed by atoms with Gasteiger partial charge in [-0.15, -0.1) is 0 Å². The molecule has 1 saturated carbocycles. The molecule has 0 spiro atoms. The second-order valence-corrected chi connectivity index (χ2v) is 8.76. The summed E-state index contributed by atoms with van der Waals surface area (Å²) >= 11 is 0. The first kappa shape index (κ1) is 22.0. The van der Waals surface area contributed by atoms with E-state index in [1.807, 2.05) is 4.90 Å². The molecular formula is C23H29N5O4. The average molecular weight is 440 g/mol. The van der Waals surface area contributed by atoms with E-state index in [9.17, 15) is 19.7 Å². The summed E-state index contributed by atoms with van der Waals surface area (Å²) in [6.07, 6.45) is 10.1. The van der Waals surface area contributed by atoms with Gasteiger partial charge in [-0.05, 0) is 37.8 Å². The number of nitro benzene ring substituents is 1. The normalized spacial score (nSPS) is 17.8. The van der Waals surface area contributed by atoms with Gasteiger partial charge in [-0.25, -0.2) is 4.98 Å². The number of aromatic nitrogens is 2. The topological polar surface area (TPSA) is 110 Å². The Balaban J connectivity index is 1.42. The number of rotatable bonds is 6. The van der Waals surface area contributed by atoms with Crippen LogP contribution in [0, 0.1) is 16.0 Å². The molecule has 0 radical (unpaired) electrons. The van der Waals surface area contributed by atoms with Crippen LogP contribution in [0.5, 0.6) is 0 Å². The third-order valence-electron chi connectivity index (χ3n) is 6.62. The van der Waals surface area contributed by atoms with Gasteiger partial charge in [0.25, 0.3) is 5.69 Å². The van der Waals surface area contributed by atoms with Gasteiger partial charge < -0.3 is 14.8 Å². The molecule has 4 rings (SSSR count). The molecule has 1 aliphatic carbocycles. The third kappa shape index (κ3) is 4.66. The van der Waals surface area contributed by atoms with Gasteiger partial charge in [0, 0.05) is 56.1 Å². The van der Waals surface area contributed by atoms with Crippen LogP contribution in [0.3, 0.4) is 0 Å². The molecule has 0 unspecified atom stereocenters. The Bertz CT molecular complexity index is 1000. The number of piperidine rings is 1. The van der Waals surface area contributed by atoms with Gasteiger partial charge in [-0.3, -0.25) is 19.7 Å². The molecule has 0 bridgehead atoms. The zero-order valence-corrected chi connectivity index (χ0v) is 18.3. The highest BCUT2D eigenvalue weighted by Crippen LogP contribution is 2.32. The monoisotopic (exact) mass is 439 g/mol. The van der Waals surface area contributed by atoms with Crippen molar-refractivity contribution in [1.82, 2.24) is 14.9 Å². The van der Waals surface area contributed by atoms with Crippen LogP contribution in [0.15, 0.2) is 30.6 Å². The van der Waals surface area contributed by atoms with Gasteiger partial charge in [0.05, 0.1) is 4.92 Å². The van der Waals surface area contributed by atoms with Crippen LogP contribution in [0.4, 0.5) is 11.4 Å². The van der Waals surface area contributed by atoms with Crippen molar-refractivity contribution in [3.63, 3.8) is 0 Å². The molecule has 1 N–H and O–H groups in total. The molecule has 1 aromatic carbocycles. The first-order valence-corrected chi connectivity index (χ1v) is 11.3. The van der Waals surface area contributed by atoms with Gasteiger partial charge in [-0.1, -0.05) is 19.3 Å². The number of benzene rings is 1. The highest BCUT2D eigenvalue weighted by atomic mass is 16.6. The molecule has 9 nitrogen and oxygen atoms in total. The predicted octanol–water partition coefficient (Wildman–Crippen LogP) is 3.22. The van der Waals surface area contributed by atoms with E-state index in [0.29, 0.717) is 18.8 Å². The van der Waals surface area contributed by atoms with E-state index in [1.165, 1.54) is 18.7 Å². The number of ketones is 1. The Labute approximate surface area is 187 Å². The Kier molecular flexibility index (Phi) is 6.53. The highest BCUT2D eigenvalue weighted by Gasteiger charge is 2.29. The van der Waals surface area contributed by atoms with Gasteiger partial charge in [0.15, 0.2) is 5.82 Å². The molecule has 1 aliphatic heterocycles. The molecule has 2 aromatic rings. The Morgan fingerprint density at radius 2 is 1.84 bits per heavy atom. The molecule has 0 atom stereocenters. The van der Waals surface area contributed by atoms with Crippen molar-refractivity contribution in [2.45, 2.75) is 51.0 Å². The zero-order valence-electron chi connectivity index (χ0n) is 18.3. The van der Waals surface area contributed by atoms with E-state index < -0.39 is 4.92 Å². The summed E-state index contributed by atoms with van der Waals surface area (Å²) in [6.45, 7) is 1.23. The summed E-state index contributed by atoms with van der Waals surface area (Å²) in [4.78, 5) is 42.6. The van der Waals surface area contributed by atoms with Crippen molar-refractivity contribution >= 4 is 23.1 Å². The lowest BCUT2D eigenvalue weighted by Gasteiger charge is -2.34. The lowest BCUT2D eigenvalue weighted by atomic mass is 9.88. The van der Waals surface area contributed by atoms with Crippen LogP contribution >= 0.6 is 0 Å². The number of carbonyl (C=O) groups is 2. The van der Waals surface area contributed by atoms with Gasteiger partial charge in [0.1, 0.15) is 5.69 Å². The van der Waals surface area contributed by atoms with Crippen molar-refractivity contribution in [1.29, 1.82) is 0 Å². The molecule has 1 saturated heterocycles. The number of hydrogen-bond acceptors (Lipinski definition) is 6. The minimum atomic E-state index is -0.443. The predicted molar refractivity (Wildman–Crippen MR) is 120 cm³/mol. The van der Waals surface area contributed by atoms with E-state index >= 15 is 0 Å². The van der Waals surface area contributed by atoms with Crippen molar-refractivity contribution in [3.8, 4) is 0 Å². The molecule has 2 fully saturated rings. The van der Waals surface area contributed by atoms with Crippen molar-refractivity contribution in [3.05, 3.63) is 52.1 Å². The third-order valence-corrected chi connectivity index (χ3v) is 6.62. The van der Waals surface area contributed by atoms with E-state index in [2.05, 4.69) is 10.3 Å². The maximum Gasteiger partial charge on any atom is 0.293 e. The summed E-state index contributed by atoms with van der Waals surface area (Å²) < 4.78 is 1.59. The summed E-state index contributed by atoms with van der Waals surface area (Å²) in [7, 11) is 1.71. The maximum absolute atomic E-state index is 12.7. The number of aryl methyl sites for hydroxylation is 1. The van der Waals surface area contributed by atoms with Crippen LogP contribution in [0.1, 0.15) is 61.1 Å². The van der Waals surface area contributed by atoms with E-state index in [4.69, 9.17) is 0 Å². The number of nitro groups is 1. The zero-order chi connectivity index (χ0) is 22.7. The van der Waals surface area contributed by atoms with Crippen molar-refractivity contribution in [2.75, 3.05) is 18.0 Å². The smallest absolute Gasteiger partial charge is 0.293 e. The first-order valence-electron chi connectivity index (χ1n) is 11.3. The Morgan fingerprint density at radius 3 is 2.47 bits per heavy atom. The molecule has 2 aliphatic rings. The van der Waals surface area contributed by atoms with Gasteiger partial charge in [0.2, 0.25) is 11.7 Å². The largest absolute Gasteiger partial charge is 0.366 e. The van der Waals surface area contributed by atoms with Crippen LogP contribution in [0.25, 0.3) is 0 Å². The average Bonchev–Trinajstić information content (AvgIpc) is 3.25. The van der Waals surface area contributed by atoms with Gasteiger partial charge in [-0.2, -0.15) is 0 Å². The number of nitrogens with one attached hydrogen (secondary N) is 1. The fraction of sp³-hybridized carbons (Fsp3) is 0.522. The summed E-state index contributed by atoms with van der Waals surface area (Å²) in [5.74, 6) is 0.177. The van der Waals surface area contributed by atoms with E-state index in [0.717, 1.165) is 38.5 Å². The molecular weight excluding hydrogens is 410 g/mol. The van der Waals surface area contributed by atoms with Crippen molar-refractivity contribution < 1.29 is 14.5 Å². The highest BCUT2D eigenvalue weighted by molar-refractivity contribution is 6.07. The summed E-state index contributed by atoms with van der Waals surface area (Å²) in [5, 5.41) is 15.0. The molecule has 32 heavy (non-hydrogen) atoms. The summed E-state index contributed by atoms with van der Waals surface area (Å²) in [6, 6.07) is 4.71. The Hall–Kier alpha value is -3.23. The lowest BCUT2D eigenvalue weighted by Crippen LogP contribution is -2.46.